The zero-order valence-electron chi connectivity index (χ0n) is 10.7. The van der Waals surface area contributed by atoms with Gasteiger partial charge in [-0.1, -0.05) is 20.8 Å². The Morgan fingerprint density at radius 2 is 2.11 bits per heavy atom. The zero-order valence-corrected chi connectivity index (χ0v) is 14.0. The predicted octanol–water partition coefficient (Wildman–Crippen LogP) is 2.68. The van der Waals surface area contributed by atoms with Crippen LogP contribution < -0.4 is 10.5 Å². The average molecular weight is 355 g/mol. The van der Waals surface area contributed by atoms with Gasteiger partial charge in [-0.3, -0.25) is 0 Å². The van der Waals surface area contributed by atoms with Crippen LogP contribution in [-0.4, -0.2) is 14.5 Å². The lowest BCUT2D eigenvalue weighted by atomic mass is 10.0. The lowest BCUT2D eigenvalue weighted by molar-refractivity contribution is 0.437. The highest BCUT2D eigenvalue weighted by Crippen LogP contribution is 2.31. The van der Waals surface area contributed by atoms with Crippen molar-refractivity contribution in [3.8, 4) is 0 Å². The van der Waals surface area contributed by atoms with Crippen LogP contribution >= 0.6 is 27.3 Å². The van der Waals surface area contributed by atoms with Crippen molar-refractivity contribution < 1.29 is 8.42 Å². The molecule has 104 valence electrons. The first-order chi connectivity index (χ1) is 8.31. The van der Waals surface area contributed by atoms with E-state index in [1.54, 1.807) is 6.07 Å². The monoisotopic (exact) mass is 354 g/mol. The summed E-state index contributed by atoms with van der Waals surface area (Å²) < 4.78 is 27.9. The fourth-order valence-corrected chi connectivity index (χ4v) is 5.66. The van der Waals surface area contributed by atoms with Crippen LogP contribution in [0, 0.1) is 5.92 Å². The SMILES string of the molecule is CCC(NS(=O)(=O)c1cc(CN)sc1Br)C(C)C. The Morgan fingerprint density at radius 1 is 1.50 bits per heavy atom. The van der Waals surface area contributed by atoms with Gasteiger partial charge in [0.1, 0.15) is 4.90 Å². The molecule has 3 N–H and O–H groups in total. The smallest absolute Gasteiger partial charge is 0.242 e. The summed E-state index contributed by atoms with van der Waals surface area (Å²) >= 11 is 4.64. The number of halogens is 1. The predicted molar refractivity (Wildman–Crippen MR) is 79.1 cm³/mol. The van der Waals surface area contributed by atoms with E-state index in [9.17, 15) is 8.42 Å². The van der Waals surface area contributed by atoms with Crippen LogP contribution in [0.25, 0.3) is 0 Å². The largest absolute Gasteiger partial charge is 0.326 e. The molecule has 4 nitrogen and oxygen atoms in total. The van der Waals surface area contributed by atoms with Gasteiger partial charge in [0.25, 0.3) is 0 Å². The van der Waals surface area contributed by atoms with Crippen molar-refractivity contribution >= 4 is 37.3 Å². The summed E-state index contributed by atoms with van der Waals surface area (Å²) in [5.74, 6) is 0.260. The van der Waals surface area contributed by atoms with E-state index in [4.69, 9.17) is 5.73 Å². The highest BCUT2D eigenvalue weighted by atomic mass is 79.9. The minimum absolute atomic E-state index is 0.0527. The molecule has 1 unspecified atom stereocenters. The number of nitrogens with one attached hydrogen (secondary N) is 1. The minimum Gasteiger partial charge on any atom is -0.326 e. The molecule has 0 saturated carbocycles. The van der Waals surface area contributed by atoms with Gasteiger partial charge in [0.15, 0.2) is 0 Å². The van der Waals surface area contributed by atoms with E-state index in [-0.39, 0.29) is 16.9 Å². The van der Waals surface area contributed by atoms with Crippen molar-refractivity contribution in [1.29, 1.82) is 0 Å². The molecule has 7 heteroatoms. The molecule has 0 bridgehead atoms. The topological polar surface area (TPSA) is 72.2 Å². The van der Waals surface area contributed by atoms with Crippen molar-refractivity contribution in [3.05, 3.63) is 14.7 Å². The Morgan fingerprint density at radius 3 is 2.50 bits per heavy atom. The van der Waals surface area contributed by atoms with Crippen molar-refractivity contribution in [3.63, 3.8) is 0 Å². The van der Waals surface area contributed by atoms with Gasteiger partial charge in [0.05, 0.1) is 3.79 Å². The summed E-state index contributed by atoms with van der Waals surface area (Å²) in [6, 6.07) is 1.58. The molecule has 1 aromatic rings. The summed E-state index contributed by atoms with van der Waals surface area (Å²) in [7, 11) is -3.48. The summed E-state index contributed by atoms with van der Waals surface area (Å²) in [5.41, 5.74) is 5.53. The maximum absolute atomic E-state index is 12.3. The van der Waals surface area contributed by atoms with Crippen LogP contribution in [0.2, 0.25) is 0 Å². The molecule has 1 rings (SSSR count). The van der Waals surface area contributed by atoms with Gasteiger partial charge in [-0.25, -0.2) is 13.1 Å². The number of sulfonamides is 1. The Bertz CT molecular complexity index is 497. The van der Waals surface area contributed by atoms with Crippen LogP contribution in [0.5, 0.6) is 0 Å². The number of hydrogen-bond acceptors (Lipinski definition) is 4. The molecule has 0 fully saturated rings. The van der Waals surface area contributed by atoms with Gasteiger partial charge >= 0.3 is 0 Å². The van der Waals surface area contributed by atoms with E-state index in [1.807, 2.05) is 20.8 Å². The van der Waals surface area contributed by atoms with E-state index in [2.05, 4.69) is 20.7 Å². The average Bonchev–Trinajstić information content (AvgIpc) is 2.68. The third-order valence-electron chi connectivity index (χ3n) is 2.75. The van der Waals surface area contributed by atoms with Crippen LogP contribution in [-0.2, 0) is 16.6 Å². The maximum atomic E-state index is 12.3. The summed E-state index contributed by atoms with van der Waals surface area (Å²) in [6.07, 6.45) is 0.766. The molecule has 1 heterocycles. The first-order valence-electron chi connectivity index (χ1n) is 5.82. The second-order valence-corrected chi connectivity index (χ2v) is 8.57. The Hall–Kier alpha value is 0.0500. The fourth-order valence-electron chi connectivity index (χ4n) is 1.64. The molecule has 0 saturated heterocycles. The standard InChI is InChI=1S/C11H19BrN2O2S2/c1-4-9(7(2)3)14-18(15,16)10-5-8(6-13)17-11(10)12/h5,7,9,14H,4,6,13H2,1-3H3. The van der Waals surface area contributed by atoms with E-state index in [1.165, 1.54) is 11.3 Å². The number of rotatable bonds is 6. The van der Waals surface area contributed by atoms with Crippen LogP contribution in [0.1, 0.15) is 32.1 Å². The zero-order chi connectivity index (χ0) is 13.9. The number of thiophene rings is 1. The second kappa shape index (κ2) is 6.47. The first-order valence-corrected chi connectivity index (χ1v) is 8.91. The third-order valence-corrected chi connectivity index (χ3v) is 6.51. The summed E-state index contributed by atoms with van der Waals surface area (Å²) in [5, 5.41) is 0. The van der Waals surface area contributed by atoms with Gasteiger partial charge in [0.2, 0.25) is 10.0 Å². The molecular weight excluding hydrogens is 336 g/mol. The lowest BCUT2D eigenvalue weighted by Crippen LogP contribution is -2.37. The van der Waals surface area contributed by atoms with Gasteiger partial charge in [-0.15, -0.1) is 11.3 Å². The maximum Gasteiger partial charge on any atom is 0.242 e. The van der Waals surface area contributed by atoms with Gasteiger partial charge in [-0.2, -0.15) is 0 Å². The molecule has 0 radical (unpaired) electrons. The molecule has 1 aromatic heterocycles. The quantitative estimate of drug-likeness (QED) is 0.824. The molecule has 0 aliphatic carbocycles. The van der Waals surface area contributed by atoms with E-state index in [0.29, 0.717) is 10.3 Å². The molecule has 1 atom stereocenters. The van der Waals surface area contributed by atoms with Gasteiger partial charge in [0, 0.05) is 17.5 Å². The van der Waals surface area contributed by atoms with Crippen molar-refractivity contribution in [2.45, 2.75) is 44.7 Å². The first kappa shape index (κ1) is 16.1. The van der Waals surface area contributed by atoms with Gasteiger partial charge < -0.3 is 5.73 Å². The molecular formula is C11H19BrN2O2S2. The van der Waals surface area contributed by atoms with E-state index in [0.717, 1.165) is 11.3 Å². The van der Waals surface area contributed by atoms with E-state index >= 15 is 0 Å². The fraction of sp³-hybridized carbons (Fsp3) is 0.636. The molecule has 0 spiro atoms. The summed E-state index contributed by atoms with van der Waals surface area (Å²) in [6.45, 7) is 6.33. The van der Waals surface area contributed by atoms with Crippen LogP contribution in [0.4, 0.5) is 0 Å². The Balaban J connectivity index is 3.02. The van der Waals surface area contributed by atoms with Crippen LogP contribution in [0.3, 0.4) is 0 Å². The third kappa shape index (κ3) is 3.77. The van der Waals surface area contributed by atoms with Crippen molar-refractivity contribution in [2.24, 2.45) is 11.7 Å². The van der Waals surface area contributed by atoms with Gasteiger partial charge in [-0.05, 0) is 34.3 Å². The number of hydrogen-bond donors (Lipinski definition) is 2. The van der Waals surface area contributed by atoms with Crippen molar-refractivity contribution in [2.75, 3.05) is 0 Å². The highest BCUT2D eigenvalue weighted by Gasteiger charge is 2.24. The highest BCUT2D eigenvalue weighted by molar-refractivity contribution is 9.11. The Labute approximate surface area is 121 Å². The van der Waals surface area contributed by atoms with E-state index < -0.39 is 10.0 Å². The summed E-state index contributed by atoms with van der Waals surface area (Å²) in [4.78, 5) is 1.13. The molecule has 0 amide bonds. The Kier molecular flexibility index (Phi) is 5.79. The van der Waals surface area contributed by atoms with Crippen molar-refractivity contribution in [1.82, 2.24) is 4.72 Å². The minimum atomic E-state index is -3.48. The van der Waals surface area contributed by atoms with Crippen LogP contribution in [0.15, 0.2) is 14.7 Å². The molecule has 0 aliphatic heterocycles. The normalized spacial score (nSPS) is 14.1. The number of nitrogens with two attached hydrogens (primary N) is 1. The molecule has 18 heavy (non-hydrogen) atoms. The lowest BCUT2D eigenvalue weighted by Gasteiger charge is -2.20. The molecule has 0 aromatic carbocycles. The second-order valence-electron chi connectivity index (χ2n) is 4.43. The molecule has 0 aliphatic rings.